The van der Waals surface area contributed by atoms with Crippen LogP contribution in [0.3, 0.4) is 0 Å². The molecule has 0 unspecified atom stereocenters. The van der Waals surface area contributed by atoms with Crippen LogP contribution in [0.1, 0.15) is 37.3 Å². The molecule has 6 rings (SSSR count). The minimum atomic E-state index is 0. The van der Waals surface area contributed by atoms with Crippen LogP contribution in [0.25, 0.3) is 22.7 Å². The van der Waals surface area contributed by atoms with Crippen molar-refractivity contribution in [2.45, 2.75) is 37.6 Å². The Bertz CT molecular complexity index is 1860. The van der Waals surface area contributed by atoms with Gasteiger partial charge in [-0.2, -0.15) is 4.57 Å². The number of thioether (sulfide) groups is 1. The van der Waals surface area contributed by atoms with Gasteiger partial charge in [-0.15, -0.1) is 0 Å². The van der Waals surface area contributed by atoms with Gasteiger partial charge in [-0.25, -0.2) is 0 Å². The molecule has 0 bridgehead atoms. The molecular formula is C41H48N4OSY+2. The molecule has 0 atom stereocenters. The number of methoxy groups -OCH3 is 1. The maximum atomic E-state index is 5.50. The molecule has 0 spiro atoms. The predicted octanol–water partition coefficient (Wildman–Crippen LogP) is 8.94. The van der Waals surface area contributed by atoms with E-state index in [9.17, 15) is 0 Å². The van der Waals surface area contributed by atoms with E-state index in [-0.39, 0.29) is 32.7 Å². The van der Waals surface area contributed by atoms with E-state index in [1.54, 1.807) is 7.11 Å². The van der Waals surface area contributed by atoms with E-state index in [4.69, 9.17) is 4.74 Å². The number of anilines is 2. The zero-order chi connectivity index (χ0) is 32.8. The van der Waals surface area contributed by atoms with Gasteiger partial charge >= 0.3 is 0 Å². The first-order valence-corrected chi connectivity index (χ1v) is 17.6. The number of hydrogen-bond donors (Lipinski definition) is 0. The molecule has 1 aliphatic heterocycles. The third kappa shape index (κ3) is 8.34. The molecule has 0 saturated heterocycles. The molecule has 0 amide bonds. The average Bonchev–Trinajstić information content (AvgIpc) is 3.40. The first-order valence-electron chi connectivity index (χ1n) is 16.8. The summed E-state index contributed by atoms with van der Waals surface area (Å²) in [5.41, 5.74) is 6.24. The van der Waals surface area contributed by atoms with Crippen molar-refractivity contribution in [2.75, 3.05) is 57.7 Å². The minimum absolute atomic E-state index is 0. The number of para-hydroxylation sites is 3. The van der Waals surface area contributed by atoms with Gasteiger partial charge in [0.05, 0.1) is 51.6 Å². The van der Waals surface area contributed by atoms with Gasteiger partial charge in [0.2, 0.25) is 0 Å². The largest absolute Gasteiger partial charge is 0.497 e. The summed E-state index contributed by atoms with van der Waals surface area (Å²) in [6.07, 6.45) is 5.78. The van der Waals surface area contributed by atoms with E-state index >= 15 is 0 Å². The van der Waals surface area contributed by atoms with Crippen molar-refractivity contribution in [1.82, 2.24) is 0 Å². The number of quaternary nitrogens is 1. The summed E-state index contributed by atoms with van der Waals surface area (Å²) < 4.78 is 8.90. The first kappa shape index (κ1) is 36.1. The maximum Gasteiger partial charge on any atom is 0.282 e. The Morgan fingerprint density at radius 3 is 2.35 bits per heavy atom. The fourth-order valence-corrected chi connectivity index (χ4v) is 7.72. The van der Waals surface area contributed by atoms with E-state index in [1.165, 1.54) is 49.1 Å². The molecule has 0 fully saturated rings. The van der Waals surface area contributed by atoms with Gasteiger partial charge in [-0.3, -0.25) is 4.90 Å². The van der Waals surface area contributed by atoms with Crippen molar-refractivity contribution >= 4 is 40.2 Å². The SMILES string of the molecule is CCCCN(CCC[N+](C)(C)Cc1cccc(OC)c1)c1cc(C=C2Sc3ccccc3N2C)c2ccccc2[n+]1-c1ccccc1.[Y]. The molecule has 2 heterocycles. The normalized spacial score (nSPS) is 13.4. The van der Waals surface area contributed by atoms with Gasteiger partial charge in [0, 0.05) is 68.1 Å². The quantitative estimate of drug-likeness (QED) is 0.0890. The van der Waals surface area contributed by atoms with E-state index in [0.717, 1.165) is 55.7 Å². The second-order valence-electron chi connectivity index (χ2n) is 13.1. The second kappa shape index (κ2) is 16.5. The van der Waals surface area contributed by atoms with Crippen LogP contribution < -0.4 is 19.1 Å². The van der Waals surface area contributed by atoms with Crippen LogP contribution in [-0.2, 0) is 39.3 Å². The molecule has 1 radical (unpaired) electrons. The summed E-state index contributed by atoms with van der Waals surface area (Å²) in [4.78, 5) is 6.26. The average molecular weight is 734 g/mol. The molecule has 48 heavy (non-hydrogen) atoms. The van der Waals surface area contributed by atoms with Gasteiger partial charge in [-0.1, -0.05) is 85.8 Å². The van der Waals surface area contributed by atoms with E-state index in [2.05, 4.69) is 152 Å². The third-order valence-corrected chi connectivity index (χ3v) is 10.2. The van der Waals surface area contributed by atoms with Crippen LogP contribution in [0.4, 0.5) is 11.5 Å². The first-order chi connectivity index (χ1) is 22.9. The minimum Gasteiger partial charge on any atom is -0.497 e. The molecule has 1 aromatic heterocycles. The number of unbranched alkanes of at least 4 members (excludes halogenated alkanes) is 1. The van der Waals surface area contributed by atoms with Crippen molar-refractivity contribution in [3.8, 4) is 11.4 Å². The summed E-state index contributed by atoms with van der Waals surface area (Å²) in [5, 5.41) is 2.50. The second-order valence-corrected chi connectivity index (χ2v) is 14.2. The summed E-state index contributed by atoms with van der Waals surface area (Å²) >= 11 is 1.85. The summed E-state index contributed by atoms with van der Waals surface area (Å²) in [7, 11) is 8.60. The summed E-state index contributed by atoms with van der Waals surface area (Å²) in [6.45, 7) is 6.34. The monoisotopic (exact) mass is 733 g/mol. The molecule has 7 heteroatoms. The fraction of sp³-hybridized carbons (Fsp3) is 0.293. The third-order valence-electron chi connectivity index (χ3n) is 9.08. The zero-order valence-corrected chi connectivity index (χ0v) is 32.8. The predicted molar refractivity (Wildman–Crippen MR) is 200 cm³/mol. The molecule has 4 aromatic carbocycles. The molecule has 0 aliphatic carbocycles. The van der Waals surface area contributed by atoms with Gasteiger partial charge in [0.1, 0.15) is 23.5 Å². The molecule has 1 aliphatic rings. The number of nitrogens with zero attached hydrogens (tertiary/aromatic N) is 4. The molecule has 5 aromatic rings. The molecule has 0 saturated carbocycles. The van der Waals surface area contributed by atoms with Crippen molar-refractivity contribution < 1.29 is 46.5 Å². The molecular weight excluding hydrogens is 685 g/mol. The number of rotatable bonds is 13. The maximum absolute atomic E-state index is 5.50. The van der Waals surface area contributed by atoms with Gasteiger partial charge in [0.15, 0.2) is 0 Å². The Balaban J connectivity index is 0.00000451. The van der Waals surface area contributed by atoms with Gasteiger partial charge in [0.25, 0.3) is 5.82 Å². The van der Waals surface area contributed by atoms with Gasteiger partial charge < -0.3 is 14.1 Å². The number of ether oxygens (including phenoxy) is 1. The smallest absolute Gasteiger partial charge is 0.282 e. The van der Waals surface area contributed by atoms with Crippen LogP contribution in [0, 0.1) is 0 Å². The standard InChI is InChI=1S/C41H48N4OS.Y/c1-6-7-25-43(26-16-27-45(3,4)31-32-17-15-20-35(28-32)46-5)40-29-33(30-41-42(2)38-23-13-14-24-39(38)47-41)36-21-11-12-22-37(36)44(40)34-18-9-8-10-19-34;/h8-15,17-24,28-30H,6-7,16,25-27,31H2,1-5H3;/q+2;. The Morgan fingerprint density at radius 1 is 0.854 bits per heavy atom. The van der Waals surface area contributed by atoms with Crippen LogP contribution >= 0.6 is 11.8 Å². The Hall–Kier alpha value is -3.16. The summed E-state index contributed by atoms with van der Waals surface area (Å²) in [5.74, 6) is 2.17. The van der Waals surface area contributed by atoms with Crippen molar-refractivity contribution in [1.29, 1.82) is 0 Å². The molecule has 5 nitrogen and oxygen atoms in total. The number of fused-ring (bicyclic) bond motifs is 2. The number of hydrogen-bond acceptors (Lipinski definition) is 4. The number of benzene rings is 4. The van der Waals surface area contributed by atoms with Gasteiger partial charge in [-0.05, 0) is 60.5 Å². The van der Waals surface area contributed by atoms with Crippen LogP contribution in [0.5, 0.6) is 5.75 Å². The molecule has 245 valence electrons. The Morgan fingerprint density at radius 2 is 1.58 bits per heavy atom. The van der Waals surface area contributed by atoms with E-state index < -0.39 is 0 Å². The summed E-state index contributed by atoms with van der Waals surface area (Å²) in [6, 6.07) is 39.4. The number of aromatic nitrogens is 1. The van der Waals surface area contributed by atoms with Crippen LogP contribution in [-0.4, -0.2) is 52.4 Å². The molecule has 0 N–H and O–H groups in total. The number of pyridine rings is 1. The van der Waals surface area contributed by atoms with Crippen molar-refractivity contribution in [3.63, 3.8) is 0 Å². The fourth-order valence-electron chi connectivity index (χ4n) is 6.62. The van der Waals surface area contributed by atoms with Crippen molar-refractivity contribution in [2.24, 2.45) is 0 Å². The topological polar surface area (TPSA) is 19.6 Å². The van der Waals surface area contributed by atoms with Crippen molar-refractivity contribution in [3.05, 3.63) is 125 Å². The van der Waals surface area contributed by atoms with E-state index in [1.807, 2.05) is 17.8 Å². The Kier molecular flexibility index (Phi) is 12.4. The van der Waals surface area contributed by atoms with E-state index in [0.29, 0.717) is 0 Å². The zero-order valence-electron chi connectivity index (χ0n) is 29.1. The van der Waals surface area contributed by atoms with Crippen LogP contribution in [0.2, 0.25) is 0 Å². The Labute approximate surface area is 316 Å². The van der Waals surface area contributed by atoms with Crippen LogP contribution in [0.15, 0.2) is 119 Å².